The largest absolute Gasteiger partial charge is 0.363 e. The van der Waals surface area contributed by atoms with Gasteiger partial charge in [-0.25, -0.2) is 8.60 Å². The highest BCUT2D eigenvalue weighted by atomic mass is 127. The van der Waals surface area contributed by atoms with Crippen LogP contribution in [-0.2, 0) is 15.7 Å². The first kappa shape index (κ1) is 18.7. The van der Waals surface area contributed by atoms with Crippen LogP contribution in [-0.4, -0.2) is 22.0 Å². The summed E-state index contributed by atoms with van der Waals surface area (Å²) < 4.78 is 35.9. The lowest BCUT2D eigenvalue weighted by Crippen LogP contribution is -2.29. The van der Waals surface area contributed by atoms with Crippen LogP contribution in [0.15, 0.2) is 40.0 Å². The van der Waals surface area contributed by atoms with E-state index >= 15 is 0 Å². The van der Waals surface area contributed by atoms with Crippen LogP contribution >= 0.6 is 46.3 Å². The Labute approximate surface area is 160 Å². The molecule has 0 saturated heterocycles. The van der Waals surface area contributed by atoms with Crippen LogP contribution in [0, 0.1) is 17.1 Å². The maximum absolute atomic E-state index is 14.3. The van der Waals surface area contributed by atoms with Crippen molar-refractivity contribution in [3.63, 3.8) is 0 Å². The molecule has 1 heterocycles. The Hall–Kier alpha value is -0.610. The zero-order chi connectivity index (χ0) is 17.0. The van der Waals surface area contributed by atoms with Gasteiger partial charge in [-0.1, -0.05) is 0 Å². The van der Waals surface area contributed by atoms with E-state index in [0.29, 0.717) is 9.37 Å². The van der Waals surface area contributed by atoms with E-state index in [1.54, 1.807) is 16.4 Å². The number of nitrogens with zero attached hydrogens (tertiary/aromatic N) is 3. The molecule has 10 heteroatoms. The lowest BCUT2D eigenvalue weighted by Gasteiger charge is -2.22. The Kier molecular flexibility index (Phi) is 6.90. The Balaban J connectivity index is 2.43. The van der Waals surface area contributed by atoms with Crippen LogP contribution in [0.1, 0.15) is 5.56 Å². The fourth-order valence-corrected chi connectivity index (χ4v) is 4.88. The topological polar surface area (TPSA) is 58.3 Å². The van der Waals surface area contributed by atoms with Gasteiger partial charge < -0.3 is 4.74 Å². The summed E-state index contributed by atoms with van der Waals surface area (Å²) >= 11 is 5.45. The monoisotopic (exact) mass is 529 g/mol. The van der Waals surface area contributed by atoms with E-state index in [9.17, 15) is 8.60 Å². The van der Waals surface area contributed by atoms with Crippen LogP contribution < -0.4 is 4.31 Å². The zero-order valence-electron chi connectivity index (χ0n) is 11.7. The number of hydrogen-bond acceptors (Lipinski definition) is 4. The summed E-state index contributed by atoms with van der Waals surface area (Å²) in [5, 5.41) is 8.82. The summed E-state index contributed by atoms with van der Waals surface area (Å²) in [6.07, 6.45) is 3.46. The molecule has 1 atom stereocenters. The Morgan fingerprint density at radius 3 is 2.83 bits per heavy atom. The first-order valence-corrected chi connectivity index (χ1v) is 11.3. The predicted octanol–water partition coefficient (Wildman–Crippen LogP) is 4.24. The lowest BCUT2D eigenvalue weighted by molar-refractivity contribution is 0.210. The highest BCUT2D eigenvalue weighted by molar-refractivity contribution is 14.2. The van der Waals surface area contributed by atoms with Crippen molar-refractivity contribution in [1.29, 1.82) is 5.26 Å². The van der Waals surface area contributed by atoms with Crippen molar-refractivity contribution in [3.8, 4) is 6.07 Å². The predicted molar refractivity (Wildman–Crippen MR) is 101 cm³/mol. The maximum Gasteiger partial charge on any atom is 0.157 e. The number of halogens is 3. The van der Waals surface area contributed by atoms with Crippen LogP contribution in [0.4, 0.5) is 10.1 Å². The van der Waals surface area contributed by atoms with Crippen molar-refractivity contribution in [2.24, 2.45) is 0 Å². The highest BCUT2D eigenvalue weighted by Crippen LogP contribution is 2.31. The van der Waals surface area contributed by atoms with Crippen molar-refractivity contribution >= 4 is 62.9 Å². The van der Waals surface area contributed by atoms with E-state index in [1.807, 2.05) is 6.07 Å². The minimum absolute atomic E-state index is 0.0651. The van der Waals surface area contributed by atoms with Crippen molar-refractivity contribution in [3.05, 3.63) is 46.4 Å². The third-order valence-electron chi connectivity index (χ3n) is 2.78. The van der Waals surface area contributed by atoms with Crippen LogP contribution in [0.3, 0.4) is 0 Å². The van der Waals surface area contributed by atoms with Gasteiger partial charge in [0.15, 0.2) is 11.0 Å². The first-order chi connectivity index (χ1) is 11.0. The van der Waals surface area contributed by atoms with Crippen LogP contribution in [0.25, 0.3) is 0 Å². The van der Waals surface area contributed by atoms with Gasteiger partial charge in [0.05, 0.1) is 26.7 Å². The number of ether oxygens (including phenoxy) is 1. The molecule has 1 unspecified atom stereocenters. The highest BCUT2D eigenvalue weighted by Gasteiger charge is 2.23. The summed E-state index contributed by atoms with van der Waals surface area (Å²) in [5.41, 5.74) is 0.300. The van der Waals surface area contributed by atoms with E-state index in [4.69, 9.17) is 10.00 Å². The molecule has 0 radical (unpaired) electrons. The number of rotatable bonds is 6. The van der Waals surface area contributed by atoms with Gasteiger partial charge in [-0.05, 0) is 34.1 Å². The summed E-state index contributed by atoms with van der Waals surface area (Å²) in [7, 11) is 1.17. The second-order valence-electron chi connectivity index (χ2n) is 4.22. The van der Waals surface area contributed by atoms with E-state index < -0.39 is 16.8 Å². The molecule has 0 N–H and O–H groups in total. The number of benzene rings is 1. The third-order valence-corrected chi connectivity index (χ3v) is 6.81. The standard InChI is InChI=1S/C13H10BrFIN3O2S2/c1-21-8-19(12-3-2-9(5-17)4-11(12)15)23(20)13-7-18(22-16)6-10(13)14/h2-4,6-7H,8H2,1H3. The van der Waals surface area contributed by atoms with Gasteiger partial charge in [0.1, 0.15) is 12.5 Å². The van der Waals surface area contributed by atoms with Gasteiger partial charge in [0.2, 0.25) is 0 Å². The Morgan fingerprint density at radius 1 is 1.57 bits per heavy atom. The number of anilines is 1. The molecule has 23 heavy (non-hydrogen) atoms. The van der Waals surface area contributed by atoms with E-state index in [-0.39, 0.29) is 18.0 Å². The SMILES string of the molecule is COCN(c1ccc(C#N)cc1F)S(=O)c1cn(SI)cc1Br. The van der Waals surface area contributed by atoms with Gasteiger partial charge in [-0.3, -0.25) is 8.28 Å². The summed E-state index contributed by atoms with van der Waals surface area (Å²) in [6.45, 7) is -0.0651. The summed E-state index contributed by atoms with van der Waals surface area (Å²) in [6, 6.07) is 5.86. The summed E-state index contributed by atoms with van der Waals surface area (Å²) in [5.74, 6) is -0.631. The van der Waals surface area contributed by atoms with E-state index in [1.165, 1.54) is 32.7 Å². The van der Waals surface area contributed by atoms with Crippen molar-refractivity contribution in [2.75, 3.05) is 18.1 Å². The quantitative estimate of drug-likeness (QED) is 0.415. The van der Waals surface area contributed by atoms with Crippen molar-refractivity contribution in [1.82, 2.24) is 3.97 Å². The molecular weight excluding hydrogens is 520 g/mol. The van der Waals surface area contributed by atoms with Gasteiger partial charge in [0.25, 0.3) is 0 Å². The second-order valence-corrected chi connectivity index (χ2v) is 8.20. The molecule has 0 aliphatic rings. The van der Waals surface area contributed by atoms with E-state index in [2.05, 4.69) is 37.1 Å². The molecule has 0 fully saturated rings. The lowest BCUT2D eigenvalue weighted by atomic mass is 10.2. The molecule has 1 aromatic carbocycles. The Bertz CT molecular complexity index is 781. The number of aromatic nitrogens is 1. The molecule has 0 bridgehead atoms. The zero-order valence-corrected chi connectivity index (χ0v) is 17.1. The molecule has 1 aromatic heterocycles. The minimum atomic E-state index is -1.68. The molecule has 0 aliphatic carbocycles. The fraction of sp³-hybridized carbons (Fsp3) is 0.154. The fourth-order valence-electron chi connectivity index (χ4n) is 1.78. The third kappa shape index (κ3) is 4.27. The van der Waals surface area contributed by atoms with Gasteiger partial charge in [0, 0.05) is 49.8 Å². The molecule has 122 valence electrons. The van der Waals surface area contributed by atoms with Gasteiger partial charge >= 0.3 is 0 Å². The normalized spacial score (nSPS) is 12.0. The molecular formula is C13H10BrFIN3O2S2. The molecule has 5 nitrogen and oxygen atoms in total. The second kappa shape index (κ2) is 8.48. The van der Waals surface area contributed by atoms with Crippen molar-refractivity contribution < 1.29 is 13.3 Å². The maximum atomic E-state index is 14.3. The minimum Gasteiger partial charge on any atom is -0.363 e. The Morgan fingerprint density at radius 2 is 2.30 bits per heavy atom. The number of nitriles is 1. The molecule has 0 aliphatic heterocycles. The molecule has 2 rings (SSSR count). The average molecular weight is 530 g/mol. The molecule has 2 aromatic rings. The number of hydrogen-bond donors (Lipinski definition) is 0. The smallest absolute Gasteiger partial charge is 0.157 e. The van der Waals surface area contributed by atoms with Crippen LogP contribution in [0.2, 0.25) is 0 Å². The van der Waals surface area contributed by atoms with Gasteiger partial charge in [-0.2, -0.15) is 5.26 Å². The van der Waals surface area contributed by atoms with E-state index in [0.717, 1.165) is 6.07 Å². The summed E-state index contributed by atoms with van der Waals surface area (Å²) in [4.78, 5) is 0.495. The molecule has 0 saturated carbocycles. The average Bonchev–Trinajstić information content (AvgIpc) is 2.93. The first-order valence-electron chi connectivity index (χ1n) is 6.06. The molecule has 0 spiro atoms. The van der Waals surface area contributed by atoms with Crippen molar-refractivity contribution in [2.45, 2.75) is 4.90 Å². The molecule has 0 amide bonds. The van der Waals surface area contributed by atoms with Gasteiger partial charge in [-0.15, -0.1) is 0 Å². The van der Waals surface area contributed by atoms with Crippen LogP contribution in [0.5, 0.6) is 0 Å². The number of methoxy groups -OCH3 is 1.